The Kier molecular flexibility index (Phi) is 4.55. The number of carbonyl (C=O) groups is 3. The molecule has 0 unspecified atom stereocenters. The third-order valence-electron chi connectivity index (χ3n) is 3.96. The second-order valence-corrected chi connectivity index (χ2v) is 6.54. The molecule has 0 radical (unpaired) electrons. The molecule has 1 heterocycles. The van der Waals surface area contributed by atoms with Crippen molar-refractivity contribution >= 4 is 39.3 Å². The van der Waals surface area contributed by atoms with E-state index >= 15 is 0 Å². The minimum Gasteiger partial charge on any atom is -0.322 e. The van der Waals surface area contributed by atoms with Crippen LogP contribution in [0.1, 0.15) is 36.6 Å². The Morgan fingerprint density at radius 1 is 1.16 bits per heavy atom. The number of aryl methyl sites for hydroxylation is 1. The highest BCUT2D eigenvalue weighted by Crippen LogP contribution is 2.25. The van der Waals surface area contributed by atoms with Gasteiger partial charge in [-0.05, 0) is 48.9 Å². The van der Waals surface area contributed by atoms with Crippen LogP contribution in [-0.4, -0.2) is 29.2 Å². The molecule has 0 spiro atoms. The third kappa shape index (κ3) is 3.13. The van der Waals surface area contributed by atoms with Crippen molar-refractivity contribution in [2.45, 2.75) is 6.92 Å². The summed E-state index contributed by atoms with van der Waals surface area (Å²) in [4.78, 5) is 38.1. The van der Waals surface area contributed by atoms with E-state index in [-0.39, 0.29) is 23.9 Å². The van der Waals surface area contributed by atoms with Crippen LogP contribution in [0.5, 0.6) is 0 Å². The first-order valence-corrected chi connectivity index (χ1v) is 8.40. The fourth-order valence-corrected chi connectivity index (χ4v) is 2.90. The molecule has 5 nitrogen and oxygen atoms in total. The lowest BCUT2D eigenvalue weighted by Crippen LogP contribution is -2.29. The van der Waals surface area contributed by atoms with Crippen molar-refractivity contribution in [1.82, 2.24) is 4.90 Å². The Hall–Kier alpha value is -2.73. The van der Waals surface area contributed by atoms with Gasteiger partial charge in [0, 0.05) is 22.3 Å². The van der Waals surface area contributed by atoms with Gasteiger partial charge in [0.1, 0.15) is 0 Å². The van der Waals surface area contributed by atoms with Crippen LogP contribution >= 0.6 is 15.9 Å². The van der Waals surface area contributed by atoms with E-state index in [2.05, 4.69) is 27.8 Å². The van der Waals surface area contributed by atoms with Crippen molar-refractivity contribution in [2.75, 3.05) is 11.9 Å². The fraction of sp³-hybridized carbons (Fsp3) is 0.105. The number of fused-ring (bicyclic) bond motifs is 1. The molecule has 3 amide bonds. The Bertz CT molecular complexity index is 921. The normalized spacial score (nSPS) is 13.0. The van der Waals surface area contributed by atoms with Crippen molar-refractivity contribution in [3.63, 3.8) is 0 Å². The maximum Gasteiger partial charge on any atom is 0.261 e. The second-order valence-electron chi connectivity index (χ2n) is 5.69. The highest BCUT2D eigenvalue weighted by molar-refractivity contribution is 9.10. The lowest BCUT2D eigenvalue weighted by atomic mass is 10.1. The molecular formula is C19H15BrN2O3. The van der Waals surface area contributed by atoms with Crippen LogP contribution in [0.3, 0.4) is 0 Å². The Labute approximate surface area is 153 Å². The quantitative estimate of drug-likeness (QED) is 0.629. The van der Waals surface area contributed by atoms with E-state index in [1.165, 1.54) is 18.2 Å². The summed E-state index contributed by atoms with van der Waals surface area (Å²) in [6.45, 7) is 5.62. The van der Waals surface area contributed by atoms with Gasteiger partial charge in [-0.3, -0.25) is 19.3 Å². The smallest absolute Gasteiger partial charge is 0.261 e. The summed E-state index contributed by atoms with van der Waals surface area (Å²) >= 11 is 3.41. The highest BCUT2D eigenvalue weighted by Gasteiger charge is 2.35. The lowest BCUT2D eigenvalue weighted by Gasteiger charge is -2.09. The Balaban J connectivity index is 1.86. The molecule has 1 N–H and O–H groups in total. The SMILES string of the molecule is C=CCN1C(=O)c2ccc(C(=O)Nc3ccc(Br)c(C)c3)cc2C1=O. The summed E-state index contributed by atoms with van der Waals surface area (Å²) in [6, 6.07) is 9.99. The van der Waals surface area contributed by atoms with Crippen LogP contribution in [0.4, 0.5) is 5.69 Å². The largest absolute Gasteiger partial charge is 0.322 e. The van der Waals surface area contributed by atoms with E-state index in [0.717, 1.165) is 14.9 Å². The third-order valence-corrected chi connectivity index (χ3v) is 4.85. The molecular weight excluding hydrogens is 384 g/mol. The molecule has 3 rings (SSSR count). The summed E-state index contributed by atoms with van der Waals surface area (Å²) in [5.74, 6) is -1.11. The fourth-order valence-electron chi connectivity index (χ4n) is 2.65. The Morgan fingerprint density at radius 3 is 2.56 bits per heavy atom. The zero-order valence-electron chi connectivity index (χ0n) is 13.5. The van der Waals surface area contributed by atoms with E-state index in [4.69, 9.17) is 0 Å². The zero-order chi connectivity index (χ0) is 18.1. The highest BCUT2D eigenvalue weighted by atomic mass is 79.9. The van der Waals surface area contributed by atoms with E-state index < -0.39 is 5.91 Å². The standard InChI is InChI=1S/C19H15BrN2O3/c1-3-8-22-18(24)14-6-4-12(10-15(14)19(22)25)17(23)21-13-5-7-16(20)11(2)9-13/h3-7,9-10H,1,8H2,2H3,(H,21,23). The number of nitrogens with zero attached hydrogens (tertiary/aromatic N) is 1. The predicted molar refractivity (Wildman–Crippen MR) is 98.8 cm³/mol. The first-order chi connectivity index (χ1) is 11.9. The summed E-state index contributed by atoms with van der Waals surface area (Å²) in [5, 5.41) is 2.79. The van der Waals surface area contributed by atoms with E-state index in [9.17, 15) is 14.4 Å². The van der Waals surface area contributed by atoms with Crippen LogP contribution in [-0.2, 0) is 0 Å². The molecule has 0 saturated heterocycles. The van der Waals surface area contributed by atoms with Gasteiger partial charge < -0.3 is 5.32 Å². The van der Waals surface area contributed by atoms with Gasteiger partial charge in [-0.1, -0.05) is 22.0 Å². The first-order valence-electron chi connectivity index (χ1n) is 7.61. The van der Waals surface area contributed by atoms with Gasteiger partial charge in [0.15, 0.2) is 0 Å². The van der Waals surface area contributed by atoms with Crippen molar-refractivity contribution < 1.29 is 14.4 Å². The average molecular weight is 399 g/mol. The molecule has 126 valence electrons. The number of halogens is 1. The van der Waals surface area contributed by atoms with E-state index in [1.54, 1.807) is 12.1 Å². The van der Waals surface area contributed by atoms with Gasteiger partial charge >= 0.3 is 0 Å². The van der Waals surface area contributed by atoms with Crippen LogP contribution in [0.25, 0.3) is 0 Å². The second kappa shape index (κ2) is 6.64. The summed E-state index contributed by atoms with van der Waals surface area (Å²) in [6.07, 6.45) is 1.49. The minimum absolute atomic E-state index is 0.145. The molecule has 0 atom stereocenters. The number of anilines is 1. The molecule has 2 aromatic carbocycles. The molecule has 1 aliphatic rings. The van der Waals surface area contributed by atoms with E-state index in [0.29, 0.717) is 16.8 Å². The van der Waals surface area contributed by atoms with Crippen molar-refractivity contribution in [1.29, 1.82) is 0 Å². The van der Waals surface area contributed by atoms with Gasteiger partial charge in [-0.25, -0.2) is 0 Å². The maximum atomic E-state index is 12.5. The number of rotatable bonds is 4. The number of hydrogen-bond donors (Lipinski definition) is 1. The van der Waals surface area contributed by atoms with E-state index in [1.807, 2.05) is 19.1 Å². The number of carbonyl (C=O) groups excluding carboxylic acids is 3. The molecule has 6 heteroatoms. The molecule has 1 aliphatic heterocycles. The topological polar surface area (TPSA) is 66.5 Å². The average Bonchev–Trinajstić information content (AvgIpc) is 2.83. The van der Waals surface area contributed by atoms with Crippen LogP contribution in [0.15, 0.2) is 53.5 Å². The first kappa shape index (κ1) is 17.1. The van der Waals surface area contributed by atoms with Crippen molar-refractivity contribution in [3.05, 3.63) is 75.8 Å². The maximum absolute atomic E-state index is 12.5. The number of hydrogen-bond acceptors (Lipinski definition) is 3. The van der Waals surface area contributed by atoms with Gasteiger partial charge in [-0.15, -0.1) is 6.58 Å². The monoisotopic (exact) mass is 398 g/mol. The zero-order valence-corrected chi connectivity index (χ0v) is 15.1. The molecule has 0 fully saturated rings. The van der Waals surface area contributed by atoms with Crippen LogP contribution < -0.4 is 5.32 Å². The van der Waals surface area contributed by atoms with Crippen molar-refractivity contribution in [3.8, 4) is 0 Å². The number of amides is 3. The molecule has 25 heavy (non-hydrogen) atoms. The van der Waals surface area contributed by atoms with Gasteiger partial charge in [0.25, 0.3) is 17.7 Å². The van der Waals surface area contributed by atoms with Gasteiger partial charge in [0.2, 0.25) is 0 Å². The molecule has 0 aliphatic carbocycles. The number of benzene rings is 2. The minimum atomic E-state index is -0.408. The molecule has 0 bridgehead atoms. The van der Waals surface area contributed by atoms with Gasteiger partial charge in [0.05, 0.1) is 11.1 Å². The van der Waals surface area contributed by atoms with Gasteiger partial charge in [-0.2, -0.15) is 0 Å². The summed E-state index contributed by atoms with van der Waals surface area (Å²) in [5.41, 5.74) is 2.52. The number of nitrogens with one attached hydrogen (secondary N) is 1. The molecule has 0 saturated carbocycles. The Morgan fingerprint density at radius 2 is 1.88 bits per heavy atom. The van der Waals surface area contributed by atoms with Crippen LogP contribution in [0, 0.1) is 6.92 Å². The summed E-state index contributed by atoms with van der Waals surface area (Å²) in [7, 11) is 0. The lowest BCUT2D eigenvalue weighted by molar-refractivity contribution is 0.0672. The molecule has 2 aromatic rings. The predicted octanol–water partition coefficient (Wildman–Crippen LogP) is 3.79. The van der Waals surface area contributed by atoms with Crippen molar-refractivity contribution in [2.24, 2.45) is 0 Å². The summed E-state index contributed by atoms with van der Waals surface area (Å²) < 4.78 is 0.953. The van der Waals surface area contributed by atoms with Crippen LogP contribution in [0.2, 0.25) is 0 Å². The number of imide groups is 1. The molecule has 0 aromatic heterocycles.